The molecule has 0 aromatic carbocycles. The number of fused-ring (bicyclic) bond motifs is 2. The highest BCUT2D eigenvalue weighted by Crippen LogP contribution is 2.60. The van der Waals surface area contributed by atoms with E-state index in [1.165, 1.54) is 0 Å². The zero-order chi connectivity index (χ0) is 18.5. The standard InChI is InChI=1S/C19H30O7/c1-5-21-15(20)10-22-16-12(3)14-7-6-11(2)13-8-9-18(4)24-17(23-16)19(13,14)26-25-18/h11-14,16-17H,5-10H2,1-4H3/t11-,12-,13+,14+,16+,17-,18-,19-/m1/s1. The molecule has 1 aliphatic carbocycles. The first kappa shape index (κ1) is 18.6. The fourth-order valence-electron chi connectivity index (χ4n) is 5.42. The van der Waals surface area contributed by atoms with Gasteiger partial charge in [-0.25, -0.2) is 14.6 Å². The molecule has 148 valence electrons. The Hall–Kier alpha value is -0.730. The summed E-state index contributed by atoms with van der Waals surface area (Å²) in [6.45, 7) is 8.27. The summed E-state index contributed by atoms with van der Waals surface area (Å²) in [7, 11) is 0. The van der Waals surface area contributed by atoms with Gasteiger partial charge >= 0.3 is 5.97 Å². The molecule has 4 aliphatic heterocycles. The van der Waals surface area contributed by atoms with Gasteiger partial charge in [-0.15, -0.1) is 0 Å². The lowest BCUT2D eigenvalue weighted by molar-refractivity contribution is -0.577. The highest BCUT2D eigenvalue weighted by molar-refractivity contribution is 5.70. The molecule has 8 atom stereocenters. The number of carbonyl (C=O) groups is 1. The van der Waals surface area contributed by atoms with Crippen molar-refractivity contribution >= 4 is 5.97 Å². The van der Waals surface area contributed by atoms with E-state index in [2.05, 4.69) is 13.8 Å². The average Bonchev–Trinajstić information content (AvgIpc) is 2.83. The second-order valence-corrected chi connectivity index (χ2v) is 8.39. The molecule has 0 N–H and O–H groups in total. The van der Waals surface area contributed by atoms with Gasteiger partial charge in [0.15, 0.2) is 18.2 Å². The summed E-state index contributed by atoms with van der Waals surface area (Å²) in [4.78, 5) is 23.5. The quantitative estimate of drug-likeness (QED) is 0.556. The van der Waals surface area contributed by atoms with Crippen molar-refractivity contribution in [2.45, 2.75) is 77.3 Å². The van der Waals surface area contributed by atoms with Crippen LogP contribution in [0, 0.1) is 23.7 Å². The Balaban J connectivity index is 1.59. The molecule has 7 nitrogen and oxygen atoms in total. The molecule has 0 radical (unpaired) electrons. The van der Waals surface area contributed by atoms with Crippen molar-refractivity contribution in [1.82, 2.24) is 0 Å². The van der Waals surface area contributed by atoms with Gasteiger partial charge in [0.1, 0.15) is 6.61 Å². The SMILES string of the molecule is CCOC(=O)CO[C@H]1O[C@@H]2O[C@@]3(C)CC[C@H]4[C@H](C)CC[C@@H]([C@H]1C)[C@@]24OO3. The molecular weight excluding hydrogens is 340 g/mol. The average molecular weight is 370 g/mol. The van der Waals surface area contributed by atoms with Crippen LogP contribution in [0.5, 0.6) is 0 Å². The Bertz CT molecular complexity index is 554. The molecule has 1 spiro atoms. The van der Waals surface area contributed by atoms with E-state index in [-0.39, 0.29) is 24.4 Å². The van der Waals surface area contributed by atoms with Crippen LogP contribution >= 0.6 is 0 Å². The highest BCUT2D eigenvalue weighted by Gasteiger charge is 2.69. The smallest absolute Gasteiger partial charge is 0.332 e. The third-order valence-electron chi connectivity index (χ3n) is 6.77. The molecule has 4 heterocycles. The van der Waals surface area contributed by atoms with E-state index in [9.17, 15) is 4.79 Å². The molecule has 7 heteroatoms. The van der Waals surface area contributed by atoms with E-state index in [0.29, 0.717) is 18.4 Å². The van der Waals surface area contributed by atoms with Gasteiger partial charge in [0.05, 0.1) is 6.61 Å². The van der Waals surface area contributed by atoms with E-state index < -0.39 is 24.0 Å². The fourth-order valence-corrected chi connectivity index (χ4v) is 5.42. The second-order valence-electron chi connectivity index (χ2n) is 8.39. The first-order valence-corrected chi connectivity index (χ1v) is 9.87. The molecule has 0 aromatic heterocycles. The predicted octanol–water partition coefficient (Wildman–Crippen LogP) is 2.77. The normalized spacial score (nSPS) is 50.0. The number of ether oxygens (including phenoxy) is 4. The van der Waals surface area contributed by atoms with Crippen molar-refractivity contribution in [3.8, 4) is 0 Å². The first-order chi connectivity index (χ1) is 12.4. The Morgan fingerprint density at radius 3 is 2.73 bits per heavy atom. The summed E-state index contributed by atoms with van der Waals surface area (Å²) in [5.41, 5.74) is -0.600. The second kappa shape index (κ2) is 6.71. The molecule has 5 aliphatic rings. The predicted molar refractivity (Wildman–Crippen MR) is 89.4 cm³/mol. The maximum Gasteiger partial charge on any atom is 0.332 e. The van der Waals surface area contributed by atoms with Gasteiger partial charge in [-0.1, -0.05) is 13.8 Å². The Morgan fingerprint density at radius 1 is 1.15 bits per heavy atom. The molecule has 5 fully saturated rings. The zero-order valence-electron chi connectivity index (χ0n) is 16.1. The summed E-state index contributed by atoms with van der Waals surface area (Å²) in [6, 6.07) is 0. The van der Waals surface area contributed by atoms with Crippen molar-refractivity contribution in [2.75, 3.05) is 13.2 Å². The van der Waals surface area contributed by atoms with Gasteiger partial charge in [-0.2, -0.15) is 0 Å². The van der Waals surface area contributed by atoms with Gasteiger partial charge in [0.2, 0.25) is 5.79 Å². The van der Waals surface area contributed by atoms with Crippen molar-refractivity contribution in [1.29, 1.82) is 0 Å². The van der Waals surface area contributed by atoms with Crippen molar-refractivity contribution < 1.29 is 33.5 Å². The third kappa shape index (κ3) is 2.79. The van der Waals surface area contributed by atoms with Crippen LogP contribution in [0.1, 0.15) is 53.4 Å². The lowest BCUT2D eigenvalue weighted by atomic mass is 9.58. The number of esters is 1. The first-order valence-electron chi connectivity index (χ1n) is 9.87. The molecule has 5 rings (SSSR count). The molecule has 1 saturated carbocycles. The Kier molecular flexibility index (Phi) is 4.80. The minimum Gasteiger partial charge on any atom is -0.464 e. The molecule has 0 amide bonds. The molecule has 26 heavy (non-hydrogen) atoms. The van der Waals surface area contributed by atoms with E-state index in [1.807, 2.05) is 6.92 Å². The summed E-state index contributed by atoms with van der Waals surface area (Å²) in [5.74, 6) is -0.0847. The lowest BCUT2D eigenvalue weighted by Crippen LogP contribution is -2.70. The number of rotatable bonds is 4. The van der Waals surface area contributed by atoms with Crippen LogP contribution in [0.25, 0.3) is 0 Å². The van der Waals surface area contributed by atoms with Crippen LogP contribution in [0.3, 0.4) is 0 Å². The summed E-state index contributed by atoms with van der Waals surface area (Å²) >= 11 is 0. The van der Waals surface area contributed by atoms with E-state index in [1.54, 1.807) is 6.92 Å². The largest absolute Gasteiger partial charge is 0.464 e. The molecule has 2 bridgehead atoms. The maximum absolute atomic E-state index is 11.7. The Morgan fingerprint density at radius 2 is 1.96 bits per heavy atom. The van der Waals surface area contributed by atoms with Crippen molar-refractivity contribution in [3.05, 3.63) is 0 Å². The number of carbonyl (C=O) groups excluding carboxylic acids is 1. The minimum atomic E-state index is -0.802. The van der Waals surface area contributed by atoms with Crippen LogP contribution in [-0.2, 0) is 33.5 Å². The summed E-state index contributed by atoms with van der Waals surface area (Å²) < 4.78 is 23.2. The topological polar surface area (TPSA) is 72.5 Å². The molecule has 0 unspecified atom stereocenters. The number of hydrogen-bond donors (Lipinski definition) is 0. The molecule has 0 aromatic rings. The summed E-state index contributed by atoms with van der Waals surface area (Å²) in [6.07, 6.45) is 2.83. The maximum atomic E-state index is 11.7. The van der Waals surface area contributed by atoms with E-state index in [0.717, 1.165) is 25.7 Å². The van der Waals surface area contributed by atoms with Gasteiger partial charge in [0.25, 0.3) is 0 Å². The minimum absolute atomic E-state index is 0.0605. The van der Waals surface area contributed by atoms with Crippen LogP contribution in [0.4, 0.5) is 0 Å². The Labute approximate surface area is 154 Å². The van der Waals surface area contributed by atoms with E-state index in [4.69, 9.17) is 28.7 Å². The molecular formula is C19H30O7. The van der Waals surface area contributed by atoms with Crippen molar-refractivity contribution in [2.24, 2.45) is 23.7 Å². The fraction of sp³-hybridized carbons (Fsp3) is 0.947. The monoisotopic (exact) mass is 370 g/mol. The van der Waals surface area contributed by atoms with Gasteiger partial charge < -0.3 is 18.9 Å². The third-order valence-corrected chi connectivity index (χ3v) is 6.77. The van der Waals surface area contributed by atoms with Gasteiger partial charge in [-0.3, -0.25) is 0 Å². The van der Waals surface area contributed by atoms with Crippen molar-refractivity contribution in [3.63, 3.8) is 0 Å². The van der Waals surface area contributed by atoms with Crippen LogP contribution in [0.2, 0.25) is 0 Å². The van der Waals surface area contributed by atoms with Crippen LogP contribution < -0.4 is 0 Å². The number of hydrogen-bond acceptors (Lipinski definition) is 7. The van der Waals surface area contributed by atoms with E-state index >= 15 is 0 Å². The highest BCUT2D eigenvalue weighted by atomic mass is 17.3. The molecule has 4 saturated heterocycles. The van der Waals surface area contributed by atoms with Crippen LogP contribution in [0.15, 0.2) is 0 Å². The zero-order valence-corrected chi connectivity index (χ0v) is 16.1. The van der Waals surface area contributed by atoms with Gasteiger partial charge in [0, 0.05) is 18.3 Å². The summed E-state index contributed by atoms with van der Waals surface area (Å²) in [5, 5.41) is 0. The lowest BCUT2D eigenvalue weighted by Gasteiger charge is -2.60. The van der Waals surface area contributed by atoms with Gasteiger partial charge in [-0.05, 0) is 44.9 Å². The van der Waals surface area contributed by atoms with Crippen LogP contribution in [-0.4, -0.2) is 43.2 Å².